The fraction of sp³-hybridized carbons (Fsp3) is 0.700. The van der Waals surface area contributed by atoms with E-state index in [9.17, 15) is 4.79 Å². The topological polar surface area (TPSA) is 55.6 Å². The van der Waals surface area contributed by atoms with E-state index in [1.807, 2.05) is 6.92 Å². The molecule has 1 atom stereocenters. The van der Waals surface area contributed by atoms with E-state index in [4.69, 9.17) is 16.9 Å². The first-order valence-electron chi connectivity index (χ1n) is 4.64. The number of amides is 1. The number of nitrogens with two attached hydrogens (primary N) is 1. The third-order valence-corrected chi connectivity index (χ3v) is 1.91. The number of hydrogen-bond donors (Lipinski definition) is 1. The molecule has 0 aromatic heterocycles. The van der Waals surface area contributed by atoms with Crippen molar-refractivity contribution in [2.45, 2.75) is 19.4 Å². The SMILES string of the molecule is C#CCC(N)C(=O)N(CC)CCOC. The van der Waals surface area contributed by atoms with E-state index in [2.05, 4.69) is 5.92 Å². The van der Waals surface area contributed by atoms with Crippen molar-refractivity contribution in [3.05, 3.63) is 0 Å². The van der Waals surface area contributed by atoms with Crippen molar-refractivity contribution in [3.63, 3.8) is 0 Å². The average molecular weight is 198 g/mol. The van der Waals surface area contributed by atoms with Crippen LogP contribution in [0, 0.1) is 12.3 Å². The molecule has 0 aliphatic rings. The second-order valence-electron chi connectivity index (χ2n) is 2.93. The largest absolute Gasteiger partial charge is 0.383 e. The Morgan fingerprint density at radius 2 is 2.36 bits per heavy atom. The van der Waals surface area contributed by atoms with Crippen LogP contribution in [0.4, 0.5) is 0 Å². The summed E-state index contributed by atoms with van der Waals surface area (Å²) in [7, 11) is 1.60. The molecule has 0 aromatic rings. The Morgan fingerprint density at radius 3 is 2.79 bits per heavy atom. The monoisotopic (exact) mass is 198 g/mol. The first-order chi connectivity index (χ1) is 6.67. The van der Waals surface area contributed by atoms with E-state index < -0.39 is 6.04 Å². The van der Waals surface area contributed by atoms with Crippen LogP contribution >= 0.6 is 0 Å². The summed E-state index contributed by atoms with van der Waals surface area (Å²) in [6, 6.07) is -0.586. The number of terminal acetylenes is 1. The maximum Gasteiger partial charge on any atom is 0.240 e. The van der Waals surface area contributed by atoms with Crippen LogP contribution in [0.5, 0.6) is 0 Å². The summed E-state index contributed by atoms with van der Waals surface area (Å²) in [5.41, 5.74) is 5.60. The van der Waals surface area contributed by atoms with Crippen LogP contribution in [0.15, 0.2) is 0 Å². The fourth-order valence-corrected chi connectivity index (χ4v) is 1.07. The molecular weight excluding hydrogens is 180 g/mol. The van der Waals surface area contributed by atoms with E-state index >= 15 is 0 Å². The lowest BCUT2D eigenvalue weighted by molar-refractivity contribution is -0.132. The van der Waals surface area contributed by atoms with Crippen LogP contribution in [-0.2, 0) is 9.53 Å². The normalized spacial score (nSPS) is 11.9. The molecule has 0 bridgehead atoms. The molecule has 4 nitrogen and oxygen atoms in total. The van der Waals surface area contributed by atoms with Gasteiger partial charge in [-0.05, 0) is 6.92 Å². The number of likely N-dealkylation sites (N-methyl/N-ethyl adjacent to an activating group) is 1. The maximum atomic E-state index is 11.6. The fourth-order valence-electron chi connectivity index (χ4n) is 1.07. The van der Waals surface area contributed by atoms with E-state index in [1.54, 1.807) is 12.0 Å². The second kappa shape index (κ2) is 7.36. The van der Waals surface area contributed by atoms with Crippen LogP contribution in [-0.4, -0.2) is 43.7 Å². The minimum absolute atomic E-state index is 0.109. The summed E-state index contributed by atoms with van der Waals surface area (Å²) >= 11 is 0. The van der Waals surface area contributed by atoms with Gasteiger partial charge in [-0.1, -0.05) is 0 Å². The second-order valence-corrected chi connectivity index (χ2v) is 2.93. The average Bonchev–Trinajstić information content (AvgIpc) is 2.19. The first-order valence-corrected chi connectivity index (χ1v) is 4.64. The van der Waals surface area contributed by atoms with Crippen molar-refractivity contribution in [2.75, 3.05) is 26.8 Å². The number of ether oxygens (including phenoxy) is 1. The summed E-state index contributed by atoms with van der Waals surface area (Å²) in [6.07, 6.45) is 5.36. The van der Waals surface area contributed by atoms with Gasteiger partial charge in [-0.15, -0.1) is 12.3 Å². The van der Waals surface area contributed by atoms with Gasteiger partial charge in [0, 0.05) is 26.6 Å². The number of nitrogens with zero attached hydrogens (tertiary/aromatic N) is 1. The molecule has 0 saturated carbocycles. The van der Waals surface area contributed by atoms with Crippen molar-refractivity contribution in [2.24, 2.45) is 5.73 Å². The summed E-state index contributed by atoms with van der Waals surface area (Å²) in [5.74, 6) is 2.27. The Balaban J connectivity index is 4.10. The third kappa shape index (κ3) is 4.26. The van der Waals surface area contributed by atoms with Crippen LogP contribution in [0.3, 0.4) is 0 Å². The van der Waals surface area contributed by atoms with E-state index in [0.29, 0.717) is 19.7 Å². The molecule has 1 unspecified atom stereocenters. The minimum Gasteiger partial charge on any atom is -0.383 e. The number of rotatable bonds is 6. The van der Waals surface area contributed by atoms with Crippen molar-refractivity contribution >= 4 is 5.91 Å². The van der Waals surface area contributed by atoms with Crippen LogP contribution in [0.1, 0.15) is 13.3 Å². The third-order valence-electron chi connectivity index (χ3n) is 1.91. The van der Waals surface area contributed by atoms with Crippen molar-refractivity contribution in [1.29, 1.82) is 0 Å². The Bertz CT molecular complexity index is 211. The van der Waals surface area contributed by atoms with Crippen molar-refractivity contribution in [1.82, 2.24) is 4.90 Å². The van der Waals surface area contributed by atoms with Crippen molar-refractivity contribution in [3.8, 4) is 12.3 Å². The first kappa shape index (κ1) is 12.9. The zero-order chi connectivity index (χ0) is 11.0. The lowest BCUT2D eigenvalue weighted by atomic mass is 10.2. The molecule has 2 N–H and O–H groups in total. The molecule has 4 heteroatoms. The van der Waals surface area contributed by atoms with Gasteiger partial charge in [0.1, 0.15) is 0 Å². The Morgan fingerprint density at radius 1 is 1.71 bits per heavy atom. The van der Waals surface area contributed by atoms with Gasteiger partial charge in [0.05, 0.1) is 12.6 Å². The Hall–Kier alpha value is -1.05. The Labute approximate surface area is 85.4 Å². The van der Waals surface area contributed by atoms with Crippen LogP contribution < -0.4 is 5.73 Å². The summed E-state index contributed by atoms with van der Waals surface area (Å²) in [5, 5.41) is 0. The summed E-state index contributed by atoms with van der Waals surface area (Å²) in [6.45, 7) is 3.60. The van der Waals surface area contributed by atoms with Gasteiger partial charge in [-0.2, -0.15) is 0 Å². The smallest absolute Gasteiger partial charge is 0.240 e. The molecule has 0 fully saturated rings. The molecule has 1 amide bonds. The highest BCUT2D eigenvalue weighted by molar-refractivity contribution is 5.81. The van der Waals surface area contributed by atoms with Gasteiger partial charge in [0.25, 0.3) is 0 Å². The van der Waals surface area contributed by atoms with Gasteiger partial charge >= 0.3 is 0 Å². The highest BCUT2D eigenvalue weighted by Gasteiger charge is 2.18. The molecule has 0 aromatic carbocycles. The zero-order valence-corrected chi connectivity index (χ0v) is 8.82. The van der Waals surface area contributed by atoms with Gasteiger partial charge in [-0.3, -0.25) is 4.79 Å². The minimum atomic E-state index is -0.586. The van der Waals surface area contributed by atoms with E-state index in [1.165, 1.54) is 0 Å². The molecule has 14 heavy (non-hydrogen) atoms. The number of methoxy groups -OCH3 is 1. The maximum absolute atomic E-state index is 11.6. The Kier molecular flexibility index (Phi) is 6.81. The highest BCUT2D eigenvalue weighted by atomic mass is 16.5. The molecule has 80 valence electrons. The molecule has 0 aliphatic carbocycles. The van der Waals surface area contributed by atoms with Crippen LogP contribution in [0.25, 0.3) is 0 Å². The van der Waals surface area contributed by atoms with E-state index in [-0.39, 0.29) is 12.3 Å². The molecule has 0 heterocycles. The van der Waals surface area contributed by atoms with Gasteiger partial charge in [0.2, 0.25) is 5.91 Å². The lowest BCUT2D eigenvalue weighted by Crippen LogP contribution is -2.44. The van der Waals surface area contributed by atoms with Gasteiger partial charge in [0.15, 0.2) is 0 Å². The molecule has 0 aliphatic heterocycles. The van der Waals surface area contributed by atoms with E-state index in [0.717, 1.165) is 0 Å². The molecule has 0 spiro atoms. The zero-order valence-electron chi connectivity index (χ0n) is 8.82. The number of hydrogen-bond acceptors (Lipinski definition) is 3. The summed E-state index contributed by atoms with van der Waals surface area (Å²) < 4.78 is 4.89. The van der Waals surface area contributed by atoms with Gasteiger partial charge in [-0.25, -0.2) is 0 Å². The molecule has 0 saturated heterocycles. The highest BCUT2D eigenvalue weighted by Crippen LogP contribution is 1.96. The van der Waals surface area contributed by atoms with Crippen molar-refractivity contribution < 1.29 is 9.53 Å². The predicted molar refractivity (Wildman–Crippen MR) is 55.6 cm³/mol. The molecular formula is C10H18N2O2. The number of carbonyl (C=O) groups is 1. The molecule has 0 rings (SSSR count). The summed E-state index contributed by atoms with van der Waals surface area (Å²) in [4.78, 5) is 13.3. The standard InChI is InChI=1S/C10H18N2O2/c1-4-6-9(11)10(13)12(5-2)7-8-14-3/h1,9H,5-8,11H2,2-3H3. The number of carbonyl (C=O) groups excluding carboxylic acids is 1. The van der Waals surface area contributed by atoms with Crippen LogP contribution in [0.2, 0.25) is 0 Å². The lowest BCUT2D eigenvalue weighted by Gasteiger charge is -2.23. The molecule has 0 radical (unpaired) electrons. The quantitative estimate of drug-likeness (QED) is 0.603. The van der Waals surface area contributed by atoms with Gasteiger partial charge < -0.3 is 15.4 Å². The predicted octanol–water partition coefficient (Wildman–Crippen LogP) is -0.168.